The molecule has 1 amide bonds. The molecule has 0 radical (unpaired) electrons. The molecular formula is C19H25N3O3. The van der Waals surface area contributed by atoms with Crippen molar-refractivity contribution in [3.63, 3.8) is 0 Å². The second-order valence-corrected chi connectivity index (χ2v) is 6.57. The van der Waals surface area contributed by atoms with Crippen LogP contribution in [0, 0.1) is 5.92 Å². The lowest BCUT2D eigenvalue weighted by molar-refractivity contribution is -0.143. The fourth-order valence-electron chi connectivity index (χ4n) is 3.14. The molecule has 25 heavy (non-hydrogen) atoms. The third kappa shape index (κ3) is 4.46. The summed E-state index contributed by atoms with van der Waals surface area (Å²) in [7, 11) is 0. The van der Waals surface area contributed by atoms with Gasteiger partial charge in [0.25, 0.3) is 5.91 Å². The molecule has 3 rings (SSSR count). The number of hydrogen-bond donors (Lipinski definition) is 1. The predicted molar refractivity (Wildman–Crippen MR) is 93.8 cm³/mol. The average molecular weight is 343 g/mol. The first-order valence-corrected chi connectivity index (χ1v) is 8.74. The molecule has 1 aliphatic rings. The van der Waals surface area contributed by atoms with Crippen molar-refractivity contribution in [2.24, 2.45) is 5.92 Å². The quantitative estimate of drug-likeness (QED) is 0.830. The normalized spacial score (nSPS) is 19.9. The lowest BCUT2D eigenvalue weighted by Gasteiger charge is -2.25. The molecular weight excluding hydrogens is 318 g/mol. The summed E-state index contributed by atoms with van der Waals surface area (Å²) in [5.41, 5.74) is 2.12. The van der Waals surface area contributed by atoms with E-state index in [-0.39, 0.29) is 18.4 Å². The Morgan fingerprint density at radius 2 is 2.16 bits per heavy atom. The third-order valence-corrected chi connectivity index (χ3v) is 4.56. The van der Waals surface area contributed by atoms with E-state index in [1.54, 1.807) is 11.1 Å². The highest BCUT2D eigenvalue weighted by Crippen LogP contribution is 2.22. The number of rotatable bonds is 7. The summed E-state index contributed by atoms with van der Waals surface area (Å²) in [6, 6.07) is 10.1. The van der Waals surface area contributed by atoms with Crippen LogP contribution < -0.4 is 0 Å². The van der Waals surface area contributed by atoms with Crippen LogP contribution in [0.4, 0.5) is 0 Å². The third-order valence-electron chi connectivity index (χ3n) is 4.56. The number of hydrogen-bond acceptors (Lipinski definition) is 4. The van der Waals surface area contributed by atoms with Gasteiger partial charge in [-0.2, -0.15) is 5.10 Å². The van der Waals surface area contributed by atoms with Gasteiger partial charge in [-0.25, -0.2) is 0 Å². The monoisotopic (exact) mass is 343 g/mol. The van der Waals surface area contributed by atoms with Crippen molar-refractivity contribution in [3.05, 3.63) is 53.9 Å². The Kier molecular flexibility index (Phi) is 5.83. The first-order valence-electron chi connectivity index (χ1n) is 8.74. The summed E-state index contributed by atoms with van der Waals surface area (Å²) in [5.74, 6) is 0.171. The van der Waals surface area contributed by atoms with E-state index in [2.05, 4.69) is 17.2 Å². The highest BCUT2D eigenvalue weighted by Gasteiger charge is 2.34. The maximum Gasteiger partial charge on any atom is 0.252 e. The number of aliphatic hydroxyl groups excluding tert-OH is 1. The number of amides is 1. The lowest BCUT2D eigenvalue weighted by atomic mass is 10.0. The predicted octanol–water partition coefficient (Wildman–Crippen LogP) is 1.68. The fourth-order valence-corrected chi connectivity index (χ4v) is 3.14. The van der Waals surface area contributed by atoms with Gasteiger partial charge in [0, 0.05) is 31.5 Å². The maximum atomic E-state index is 12.7. The second kappa shape index (κ2) is 8.27. The number of ether oxygens (including phenoxy) is 1. The minimum atomic E-state index is -0.397. The van der Waals surface area contributed by atoms with Gasteiger partial charge in [-0.05, 0) is 17.9 Å². The van der Waals surface area contributed by atoms with Crippen LogP contribution in [-0.2, 0) is 22.6 Å². The van der Waals surface area contributed by atoms with Gasteiger partial charge in [0.15, 0.2) is 0 Å². The molecule has 1 aromatic heterocycles. The number of carbonyl (C=O) groups is 1. The number of nitrogens with zero attached hydrogens (tertiary/aromatic N) is 3. The zero-order chi connectivity index (χ0) is 17.6. The van der Waals surface area contributed by atoms with E-state index in [0.717, 1.165) is 12.0 Å². The molecule has 6 nitrogen and oxygen atoms in total. The largest absolute Gasteiger partial charge is 0.395 e. The molecule has 2 aromatic rings. The van der Waals surface area contributed by atoms with Crippen LogP contribution in [0.15, 0.2) is 42.7 Å². The minimum Gasteiger partial charge on any atom is -0.395 e. The maximum absolute atomic E-state index is 12.7. The van der Waals surface area contributed by atoms with Crippen molar-refractivity contribution >= 4 is 5.91 Å². The molecule has 0 spiro atoms. The van der Waals surface area contributed by atoms with Gasteiger partial charge < -0.3 is 14.7 Å². The van der Waals surface area contributed by atoms with Crippen molar-refractivity contribution in [1.82, 2.24) is 14.7 Å². The molecule has 1 aromatic carbocycles. The van der Waals surface area contributed by atoms with Crippen molar-refractivity contribution in [2.45, 2.75) is 32.5 Å². The summed E-state index contributed by atoms with van der Waals surface area (Å²) in [4.78, 5) is 14.4. The zero-order valence-electron chi connectivity index (χ0n) is 14.5. The Hall–Kier alpha value is -2.18. The molecule has 0 aliphatic carbocycles. The van der Waals surface area contributed by atoms with Crippen molar-refractivity contribution in [3.8, 4) is 0 Å². The number of aromatic nitrogens is 2. The standard InChI is InChI=1S/C19H25N3O3/c1-15-7-10-25-18(15)19(24)21(8-9-23)12-17-11-20-22(14-17)13-16-5-3-2-4-6-16/h2-6,11,14-15,18,23H,7-10,12-13H2,1H3. The van der Waals surface area contributed by atoms with Crippen LogP contribution in [0.2, 0.25) is 0 Å². The topological polar surface area (TPSA) is 67.6 Å². The van der Waals surface area contributed by atoms with E-state index in [9.17, 15) is 9.90 Å². The highest BCUT2D eigenvalue weighted by molar-refractivity contribution is 5.81. The van der Waals surface area contributed by atoms with Crippen LogP contribution in [0.3, 0.4) is 0 Å². The van der Waals surface area contributed by atoms with Gasteiger partial charge in [-0.3, -0.25) is 9.48 Å². The van der Waals surface area contributed by atoms with Gasteiger partial charge in [0.2, 0.25) is 0 Å². The van der Waals surface area contributed by atoms with Crippen LogP contribution in [0.25, 0.3) is 0 Å². The summed E-state index contributed by atoms with van der Waals surface area (Å²) < 4.78 is 7.44. The Morgan fingerprint density at radius 3 is 2.84 bits per heavy atom. The van der Waals surface area contributed by atoms with Crippen LogP contribution in [0.1, 0.15) is 24.5 Å². The van der Waals surface area contributed by atoms with Gasteiger partial charge in [-0.1, -0.05) is 37.3 Å². The fraction of sp³-hybridized carbons (Fsp3) is 0.474. The molecule has 2 heterocycles. The Bertz CT molecular complexity index is 686. The van der Waals surface area contributed by atoms with E-state index >= 15 is 0 Å². The van der Waals surface area contributed by atoms with Gasteiger partial charge in [0.05, 0.1) is 19.3 Å². The van der Waals surface area contributed by atoms with Crippen LogP contribution >= 0.6 is 0 Å². The van der Waals surface area contributed by atoms with Crippen molar-refractivity contribution in [2.75, 3.05) is 19.8 Å². The van der Waals surface area contributed by atoms with E-state index in [1.165, 1.54) is 5.56 Å². The number of aliphatic hydroxyl groups is 1. The summed E-state index contributed by atoms with van der Waals surface area (Å²) in [5, 5.41) is 13.7. The molecule has 134 valence electrons. The van der Waals surface area contributed by atoms with Gasteiger partial charge in [-0.15, -0.1) is 0 Å². The molecule has 2 unspecified atom stereocenters. The smallest absolute Gasteiger partial charge is 0.252 e. The highest BCUT2D eigenvalue weighted by atomic mass is 16.5. The molecule has 0 saturated carbocycles. The first-order chi connectivity index (χ1) is 12.2. The molecule has 1 saturated heterocycles. The zero-order valence-corrected chi connectivity index (χ0v) is 14.5. The first kappa shape index (κ1) is 17.6. The SMILES string of the molecule is CC1CCOC1C(=O)N(CCO)Cc1cnn(Cc2ccccc2)c1. The lowest BCUT2D eigenvalue weighted by Crippen LogP contribution is -2.42. The molecule has 0 bridgehead atoms. The van der Waals surface area contributed by atoms with Crippen molar-refractivity contribution in [1.29, 1.82) is 0 Å². The Morgan fingerprint density at radius 1 is 1.36 bits per heavy atom. The average Bonchev–Trinajstić information content (AvgIpc) is 3.24. The van der Waals surface area contributed by atoms with Crippen LogP contribution in [0.5, 0.6) is 0 Å². The molecule has 1 aliphatic heterocycles. The van der Waals surface area contributed by atoms with E-state index in [1.807, 2.05) is 36.0 Å². The van der Waals surface area contributed by atoms with Crippen LogP contribution in [-0.4, -0.2) is 51.6 Å². The molecule has 2 atom stereocenters. The van der Waals surface area contributed by atoms with Gasteiger partial charge in [0.1, 0.15) is 6.10 Å². The second-order valence-electron chi connectivity index (χ2n) is 6.57. The summed E-state index contributed by atoms with van der Waals surface area (Å²) >= 11 is 0. The Labute approximate surface area is 148 Å². The van der Waals surface area contributed by atoms with Crippen molar-refractivity contribution < 1.29 is 14.6 Å². The Balaban J connectivity index is 1.65. The number of benzene rings is 1. The number of carbonyl (C=O) groups excluding carboxylic acids is 1. The summed E-state index contributed by atoms with van der Waals surface area (Å²) in [6.45, 7) is 4.02. The minimum absolute atomic E-state index is 0.0464. The molecule has 6 heteroatoms. The van der Waals surface area contributed by atoms with E-state index in [0.29, 0.717) is 26.2 Å². The van der Waals surface area contributed by atoms with Gasteiger partial charge >= 0.3 is 0 Å². The van der Waals surface area contributed by atoms with E-state index < -0.39 is 6.10 Å². The molecule has 1 N–H and O–H groups in total. The summed E-state index contributed by atoms with van der Waals surface area (Å²) in [6.07, 6.45) is 4.23. The van der Waals surface area contributed by atoms with E-state index in [4.69, 9.17) is 4.74 Å². The molecule has 1 fully saturated rings.